The number of amides is 3. The number of anilines is 2. The predicted molar refractivity (Wildman–Crippen MR) is 161 cm³/mol. The molecule has 2 N–H and O–H groups in total. The second kappa shape index (κ2) is 12.1. The van der Waals surface area contributed by atoms with Crippen molar-refractivity contribution in [1.29, 1.82) is 5.26 Å². The summed E-state index contributed by atoms with van der Waals surface area (Å²) in [5, 5.41) is 19.1. The number of nitrogens with zero attached hydrogens (tertiary/aromatic N) is 5. The van der Waals surface area contributed by atoms with Gasteiger partial charge in [0, 0.05) is 59.5 Å². The Morgan fingerprint density at radius 1 is 1.13 bits per heavy atom. The molecule has 2 aromatic heterocycles. The number of rotatable bonds is 8. The fraction of sp³-hybridized carbons (Fsp3) is 0.250. The lowest BCUT2D eigenvalue weighted by molar-refractivity contribution is -0.133. The molecule has 1 aliphatic heterocycles. The van der Waals surface area contributed by atoms with E-state index >= 15 is 0 Å². The molecular formula is C32H26ClF2N7O3. The largest absolute Gasteiger partial charge is 0.351 e. The topological polar surface area (TPSA) is 135 Å². The Bertz CT molecular complexity index is 1800. The van der Waals surface area contributed by atoms with Gasteiger partial charge in [-0.05, 0) is 42.3 Å². The minimum absolute atomic E-state index is 0.0257. The van der Waals surface area contributed by atoms with Crippen LogP contribution in [0.3, 0.4) is 0 Å². The number of pyridine rings is 1. The van der Waals surface area contributed by atoms with Crippen molar-refractivity contribution in [2.75, 3.05) is 9.80 Å². The van der Waals surface area contributed by atoms with Gasteiger partial charge in [-0.2, -0.15) is 10.4 Å². The monoisotopic (exact) mass is 629 g/mol. The summed E-state index contributed by atoms with van der Waals surface area (Å²) < 4.78 is 27.5. The highest BCUT2D eigenvalue weighted by Gasteiger charge is 2.48. The van der Waals surface area contributed by atoms with Crippen molar-refractivity contribution in [1.82, 2.24) is 20.5 Å². The third-order valence-corrected chi connectivity index (χ3v) is 8.30. The highest BCUT2D eigenvalue weighted by molar-refractivity contribution is 6.31. The minimum Gasteiger partial charge on any atom is -0.351 e. The van der Waals surface area contributed by atoms with Gasteiger partial charge in [0.1, 0.15) is 17.9 Å². The lowest BCUT2D eigenvalue weighted by Gasteiger charge is -2.39. The lowest BCUT2D eigenvalue weighted by Crippen LogP contribution is -2.56. The smallest absolute Gasteiger partial charge is 0.252 e. The highest BCUT2D eigenvalue weighted by Crippen LogP contribution is 2.40. The summed E-state index contributed by atoms with van der Waals surface area (Å²) >= 11 is 6.63. The summed E-state index contributed by atoms with van der Waals surface area (Å²) in [7, 11) is 0. The molecule has 3 amide bonds. The first-order valence-electron chi connectivity index (χ1n) is 14.2. The molecule has 228 valence electrons. The maximum atomic E-state index is 14.8. The van der Waals surface area contributed by atoms with Crippen molar-refractivity contribution in [2.45, 2.75) is 49.7 Å². The van der Waals surface area contributed by atoms with E-state index in [1.54, 1.807) is 60.9 Å². The number of hydrogen-bond donors (Lipinski definition) is 2. The first kappa shape index (κ1) is 29.9. The Morgan fingerprint density at radius 2 is 1.93 bits per heavy atom. The van der Waals surface area contributed by atoms with Gasteiger partial charge in [-0.15, -0.1) is 0 Å². The molecule has 3 heterocycles. The fourth-order valence-electron chi connectivity index (χ4n) is 5.77. The van der Waals surface area contributed by atoms with Gasteiger partial charge >= 0.3 is 0 Å². The fourth-order valence-corrected chi connectivity index (χ4v) is 6.01. The van der Waals surface area contributed by atoms with Crippen LogP contribution < -0.4 is 15.1 Å². The van der Waals surface area contributed by atoms with E-state index in [-0.39, 0.29) is 40.7 Å². The van der Waals surface area contributed by atoms with Gasteiger partial charge in [-0.1, -0.05) is 41.9 Å². The molecule has 2 unspecified atom stereocenters. The molecule has 0 bridgehead atoms. The molecule has 0 spiro atoms. The molecule has 4 aromatic rings. The minimum atomic E-state index is -2.89. The number of nitriles is 1. The average Bonchev–Trinajstić information content (AvgIpc) is 3.70. The van der Waals surface area contributed by atoms with Crippen LogP contribution in [0.1, 0.15) is 42.9 Å². The maximum Gasteiger partial charge on any atom is 0.252 e. The number of nitrogens with one attached hydrogen (secondary N) is 2. The zero-order chi connectivity index (χ0) is 31.7. The molecular weight excluding hydrogens is 604 g/mol. The maximum absolute atomic E-state index is 14.8. The van der Waals surface area contributed by atoms with Gasteiger partial charge in [0.25, 0.3) is 11.8 Å². The van der Waals surface area contributed by atoms with Crippen LogP contribution in [-0.2, 0) is 14.4 Å². The Morgan fingerprint density at radius 3 is 2.64 bits per heavy atom. The van der Waals surface area contributed by atoms with E-state index in [9.17, 15) is 28.4 Å². The molecule has 2 aliphatic rings. The summed E-state index contributed by atoms with van der Waals surface area (Å²) in [5.74, 6) is -4.46. The summed E-state index contributed by atoms with van der Waals surface area (Å²) in [6, 6.07) is 15.0. The zero-order valence-electron chi connectivity index (χ0n) is 23.7. The van der Waals surface area contributed by atoms with Gasteiger partial charge < -0.3 is 5.32 Å². The van der Waals surface area contributed by atoms with Crippen molar-refractivity contribution in [3.63, 3.8) is 0 Å². The van der Waals surface area contributed by atoms with Gasteiger partial charge in [-0.3, -0.25) is 29.3 Å². The number of aromatic nitrogens is 3. The van der Waals surface area contributed by atoms with Gasteiger partial charge in [0.15, 0.2) is 0 Å². The Kier molecular flexibility index (Phi) is 8.03. The van der Waals surface area contributed by atoms with E-state index in [1.165, 1.54) is 28.1 Å². The summed E-state index contributed by atoms with van der Waals surface area (Å²) in [6.45, 7) is 0. The van der Waals surface area contributed by atoms with Crippen LogP contribution in [0.4, 0.5) is 20.3 Å². The number of aromatic amines is 1. The van der Waals surface area contributed by atoms with Crippen LogP contribution >= 0.6 is 11.6 Å². The van der Waals surface area contributed by atoms with Crippen molar-refractivity contribution in [3.8, 4) is 17.2 Å². The van der Waals surface area contributed by atoms with Crippen LogP contribution in [0.15, 0.2) is 79.3 Å². The number of halogens is 3. The molecule has 6 rings (SSSR count). The highest BCUT2D eigenvalue weighted by atomic mass is 35.5. The Labute approximate surface area is 261 Å². The molecule has 45 heavy (non-hydrogen) atoms. The second-order valence-electron chi connectivity index (χ2n) is 11.0. The summed E-state index contributed by atoms with van der Waals surface area (Å²) in [6.07, 6.45) is 3.74. The Balaban J connectivity index is 1.48. The summed E-state index contributed by atoms with van der Waals surface area (Å²) in [4.78, 5) is 48.9. The molecule has 13 heteroatoms. The van der Waals surface area contributed by atoms with Crippen molar-refractivity contribution in [2.24, 2.45) is 0 Å². The molecule has 0 radical (unpaired) electrons. The zero-order valence-corrected chi connectivity index (χ0v) is 24.4. The van der Waals surface area contributed by atoms with E-state index in [2.05, 4.69) is 20.5 Å². The molecule has 2 atom stereocenters. The third kappa shape index (κ3) is 5.99. The standard InChI is InChI=1S/C32H26ClF2N7O3/c33-25-7-2-1-6-24(25)29(30(44)40-22-14-32(34,35)15-22)41(23-5-3-4-20(13-23)21-17-38-39-18-21)31(45)26-8-9-28(43)42(26)27-12-19(16-36)10-11-37-27/h1-7,10-13,17-18,22,26,29H,8-9,14-15H2,(H,38,39)(H,40,44). The molecule has 1 saturated heterocycles. The second-order valence-corrected chi connectivity index (χ2v) is 11.4. The number of alkyl halides is 2. The van der Waals surface area contributed by atoms with E-state index < -0.39 is 48.7 Å². The van der Waals surface area contributed by atoms with Crippen molar-refractivity contribution < 1.29 is 23.2 Å². The molecule has 2 fully saturated rings. The average molecular weight is 630 g/mol. The quantitative estimate of drug-likeness (QED) is 0.276. The number of H-pyrrole nitrogens is 1. The molecule has 1 saturated carbocycles. The molecule has 2 aromatic carbocycles. The number of carbonyl (C=O) groups excluding carboxylic acids is 3. The van der Waals surface area contributed by atoms with E-state index in [0.29, 0.717) is 11.3 Å². The number of benzene rings is 2. The van der Waals surface area contributed by atoms with E-state index in [4.69, 9.17) is 11.6 Å². The SMILES string of the molecule is N#Cc1ccnc(N2C(=O)CCC2C(=O)N(c2cccc(-c3cn[nH]c3)c2)C(C(=O)NC2CC(F)(F)C2)c2ccccc2Cl)c1. The number of hydrogen-bond acceptors (Lipinski definition) is 6. The van der Waals surface area contributed by atoms with Gasteiger partial charge in [0.2, 0.25) is 11.8 Å². The lowest BCUT2D eigenvalue weighted by atomic mass is 9.87. The van der Waals surface area contributed by atoms with Crippen LogP contribution in [0.25, 0.3) is 11.1 Å². The van der Waals surface area contributed by atoms with Crippen LogP contribution in [-0.4, -0.2) is 50.9 Å². The summed E-state index contributed by atoms with van der Waals surface area (Å²) in [5.41, 5.74) is 2.22. The predicted octanol–water partition coefficient (Wildman–Crippen LogP) is 5.18. The van der Waals surface area contributed by atoms with Crippen molar-refractivity contribution >= 4 is 40.8 Å². The van der Waals surface area contributed by atoms with E-state index in [0.717, 1.165) is 5.56 Å². The normalized spacial score (nSPS) is 18.1. The third-order valence-electron chi connectivity index (χ3n) is 7.95. The number of carbonyl (C=O) groups is 3. The van der Waals surface area contributed by atoms with Crippen LogP contribution in [0.2, 0.25) is 5.02 Å². The Hall–Kier alpha value is -5.15. The molecule has 10 nitrogen and oxygen atoms in total. The van der Waals surface area contributed by atoms with Crippen LogP contribution in [0.5, 0.6) is 0 Å². The molecule has 1 aliphatic carbocycles. The van der Waals surface area contributed by atoms with Crippen molar-refractivity contribution in [3.05, 3.63) is 95.4 Å². The van der Waals surface area contributed by atoms with Gasteiger partial charge in [-0.25, -0.2) is 13.8 Å². The van der Waals surface area contributed by atoms with Gasteiger partial charge in [0.05, 0.1) is 17.8 Å². The first-order valence-corrected chi connectivity index (χ1v) is 14.6. The van der Waals surface area contributed by atoms with E-state index in [1.807, 2.05) is 6.07 Å². The van der Waals surface area contributed by atoms with Crippen LogP contribution in [0, 0.1) is 11.3 Å². The first-order chi connectivity index (χ1) is 21.6.